The lowest BCUT2D eigenvalue weighted by atomic mass is 10.1. The van der Waals surface area contributed by atoms with Crippen LogP contribution in [0.2, 0.25) is 0 Å². The largest absolute Gasteiger partial charge is 0.458 e. The van der Waals surface area contributed by atoms with Crippen molar-refractivity contribution in [3.8, 4) is 5.75 Å². The van der Waals surface area contributed by atoms with E-state index in [-0.39, 0.29) is 0 Å². The Morgan fingerprint density at radius 1 is 1.50 bits per heavy atom. The highest BCUT2D eigenvalue weighted by Crippen LogP contribution is 2.31. The summed E-state index contributed by atoms with van der Waals surface area (Å²) >= 11 is 0. The number of benzene rings is 1. The molecule has 1 atom stereocenters. The Bertz CT molecular complexity index is 437. The first kappa shape index (κ1) is 10.9. The number of hydrogen-bond donors (Lipinski definition) is 0. The average Bonchev–Trinajstić information content (AvgIpc) is 2.28. The van der Waals surface area contributed by atoms with E-state index in [4.69, 9.17) is 9.47 Å². The summed E-state index contributed by atoms with van der Waals surface area (Å²) in [5.41, 5.74) is 1.55. The minimum absolute atomic E-state index is 0.586. The molecule has 84 valence electrons. The SMILES string of the molecule is CCOC1(C)C=Cc2cc(C=O)ccc2O1. The normalized spacial score (nSPS) is 22.4. The van der Waals surface area contributed by atoms with Crippen LogP contribution < -0.4 is 4.74 Å². The van der Waals surface area contributed by atoms with E-state index in [0.717, 1.165) is 17.6 Å². The van der Waals surface area contributed by atoms with Crippen molar-refractivity contribution in [3.05, 3.63) is 35.4 Å². The molecule has 0 saturated carbocycles. The Morgan fingerprint density at radius 2 is 2.31 bits per heavy atom. The van der Waals surface area contributed by atoms with Gasteiger partial charge in [-0.15, -0.1) is 0 Å². The van der Waals surface area contributed by atoms with E-state index in [1.807, 2.05) is 26.0 Å². The molecule has 3 heteroatoms. The van der Waals surface area contributed by atoms with Gasteiger partial charge < -0.3 is 9.47 Å². The van der Waals surface area contributed by atoms with Crippen molar-refractivity contribution in [2.24, 2.45) is 0 Å². The summed E-state index contributed by atoms with van der Waals surface area (Å²) in [5.74, 6) is 0.0359. The van der Waals surface area contributed by atoms with Gasteiger partial charge in [0, 0.05) is 24.7 Å². The third-order valence-corrected chi connectivity index (χ3v) is 2.48. The lowest BCUT2D eigenvalue weighted by Crippen LogP contribution is -2.35. The van der Waals surface area contributed by atoms with Gasteiger partial charge in [-0.2, -0.15) is 0 Å². The van der Waals surface area contributed by atoms with Gasteiger partial charge in [-0.3, -0.25) is 4.79 Å². The van der Waals surface area contributed by atoms with E-state index in [0.29, 0.717) is 12.2 Å². The number of ether oxygens (including phenoxy) is 2. The third kappa shape index (κ3) is 1.99. The van der Waals surface area contributed by atoms with Crippen LogP contribution in [-0.2, 0) is 4.74 Å². The fraction of sp³-hybridized carbons (Fsp3) is 0.308. The van der Waals surface area contributed by atoms with Gasteiger partial charge in [0.05, 0.1) is 0 Å². The van der Waals surface area contributed by atoms with Crippen LogP contribution in [0.15, 0.2) is 24.3 Å². The van der Waals surface area contributed by atoms with Gasteiger partial charge in [0.1, 0.15) is 12.0 Å². The van der Waals surface area contributed by atoms with Crippen molar-refractivity contribution in [1.29, 1.82) is 0 Å². The summed E-state index contributed by atoms with van der Waals surface area (Å²) in [6.07, 6.45) is 4.60. The van der Waals surface area contributed by atoms with Crippen LogP contribution in [0, 0.1) is 0 Å². The van der Waals surface area contributed by atoms with Crippen molar-refractivity contribution >= 4 is 12.4 Å². The van der Waals surface area contributed by atoms with Crippen LogP contribution in [-0.4, -0.2) is 18.7 Å². The van der Waals surface area contributed by atoms with Gasteiger partial charge in [0.15, 0.2) is 0 Å². The zero-order chi connectivity index (χ0) is 11.6. The second-order valence-electron chi connectivity index (χ2n) is 3.80. The molecule has 0 spiro atoms. The number of carbonyl (C=O) groups is 1. The van der Waals surface area contributed by atoms with Gasteiger partial charge in [-0.1, -0.05) is 0 Å². The van der Waals surface area contributed by atoms with E-state index in [9.17, 15) is 4.79 Å². The highest BCUT2D eigenvalue weighted by atomic mass is 16.7. The van der Waals surface area contributed by atoms with Crippen molar-refractivity contribution in [2.45, 2.75) is 19.6 Å². The molecule has 0 amide bonds. The highest BCUT2D eigenvalue weighted by molar-refractivity contribution is 5.78. The molecule has 0 radical (unpaired) electrons. The first-order valence-corrected chi connectivity index (χ1v) is 5.28. The number of hydrogen-bond acceptors (Lipinski definition) is 3. The maximum absolute atomic E-state index is 10.6. The second-order valence-corrected chi connectivity index (χ2v) is 3.80. The fourth-order valence-corrected chi connectivity index (χ4v) is 1.72. The van der Waals surface area contributed by atoms with Crippen LogP contribution >= 0.6 is 0 Å². The second kappa shape index (κ2) is 4.10. The molecule has 1 heterocycles. The Hall–Kier alpha value is -1.61. The topological polar surface area (TPSA) is 35.5 Å². The zero-order valence-electron chi connectivity index (χ0n) is 9.40. The molecule has 0 aromatic heterocycles. The Morgan fingerprint density at radius 3 is 3.00 bits per heavy atom. The molecule has 3 nitrogen and oxygen atoms in total. The van der Waals surface area contributed by atoms with E-state index in [1.165, 1.54) is 0 Å². The lowest BCUT2D eigenvalue weighted by Gasteiger charge is -2.31. The molecule has 0 saturated heterocycles. The monoisotopic (exact) mass is 218 g/mol. The summed E-state index contributed by atoms with van der Waals surface area (Å²) in [5, 5.41) is 0. The maximum atomic E-state index is 10.6. The van der Waals surface area contributed by atoms with Crippen molar-refractivity contribution in [2.75, 3.05) is 6.61 Å². The Labute approximate surface area is 94.7 Å². The molecule has 1 aromatic rings. The lowest BCUT2D eigenvalue weighted by molar-refractivity contribution is -0.130. The minimum atomic E-state index is -0.704. The number of aldehydes is 1. The maximum Gasteiger partial charge on any atom is 0.227 e. The summed E-state index contributed by atoms with van der Waals surface area (Å²) in [6, 6.07) is 5.32. The molecule has 0 fully saturated rings. The van der Waals surface area contributed by atoms with Crippen LogP contribution in [0.25, 0.3) is 6.08 Å². The first-order valence-electron chi connectivity index (χ1n) is 5.28. The van der Waals surface area contributed by atoms with Crippen molar-refractivity contribution < 1.29 is 14.3 Å². The van der Waals surface area contributed by atoms with Gasteiger partial charge in [0.2, 0.25) is 5.79 Å². The molecule has 0 N–H and O–H groups in total. The molecule has 2 rings (SSSR count). The molecule has 0 aliphatic carbocycles. The molecule has 0 bridgehead atoms. The quantitative estimate of drug-likeness (QED) is 0.732. The van der Waals surface area contributed by atoms with Gasteiger partial charge in [0.25, 0.3) is 0 Å². The van der Waals surface area contributed by atoms with Gasteiger partial charge in [-0.05, 0) is 37.3 Å². The number of rotatable bonds is 3. The first-order chi connectivity index (χ1) is 7.67. The average molecular weight is 218 g/mol. The predicted molar refractivity (Wildman–Crippen MR) is 61.5 cm³/mol. The molecular weight excluding hydrogens is 204 g/mol. The Kier molecular flexibility index (Phi) is 2.79. The van der Waals surface area contributed by atoms with Gasteiger partial charge >= 0.3 is 0 Å². The summed E-state index contributed by atoms with van der Waals surface area (Å²) in [7, 11) is 0. The van der Waals surface area contributed by atoms with E-state index < -0.39 is 5.79 Å². The number of fused-ring (bicyclic) bond motifs is 1. The molecule has 16 heavy (non-hydrogen) atoms. The zero-order valence-corrected chi connectivity index (χ0v) is 9.40. The number of carbonyl (C=O) groups excluding carboxylic acids is 1. The van der Waals surface area contributed by atoms with E-state index in [1.54, 1.807) is 18.2 Å². The summed E-state index contributed by atoms with van der Waals surface area (Å²) in [4.78, 5) is 10.6. The fourth-order valence-electron chi connectivity index (χ4n) is 1.72. The van der Waals surface area contributed by atoms with Crippen molar-refractivity contribution in [1.82, 2.24) is 0 Å². The molecule has 1 aliphatic rings. The smallest absolute Gasteiger partial charge is 0.227 e. The highest BCUT2D eigenvalue weighted by Gasteiger charge is 2.27. The van der Waals surface area contributed by atoms with Crippen LogP contribution in [0.5, 0.6) is 5.75 Å². The predicted octanol–water partition coefficient (Wildman–Crippen LogP) is 2.66. The molecule has 1 aromatic carbocycles. The standard InChI is InChI=1S/C13H14O3/c1-3-15-13(2)7-6-11-8-10(9-14)4-5-12(11)16-13/h4-9H,3H2,1-2H3. The van der Waals surface area contributed by atoms with Gasteiger partial charge in [-0.25, -0.2) is 0 Å². The summed E-state index contributed by atoms with van der Waals surface area (Å²) < 4.78 is 11.2. The Balaban J connectivity index is 2.32. The van der Waals surface area contributed by atoms with Crippen LogP contribution in [0.3, 0.4) is 0 Å². The summed E-state index contributed by atoms with van der Waals surface area (Å²) in [6.45, 7) is 4.37. The molecule has 1 unspecified atom stereocenters. The molecule has 1 aliphatic heterocycles. The van der Waals surface area contributed by atoms with Crippen molar-refractivity contribution in [3.63, 3.8) is 0 Å². The molecular formula is C13H14O3. The van der Waals surface area contributed by atoms with Crippen LogP contribution in [0.1, 0.15) is 29.8 Å². The third-order valence-electron chi connectivity index (χ3n) is 2.48. The minimum Gasteiger partial charge on any atom is -0.458 e. The van der Waals surface area contributed by atoms with E-state index >= 15 is 0 Å². The van der Waals surface area contributed by atoms with E-state index in [2.05, 4.69) is 0 Å². The van der Waals surface area contributed by atoms with Crippen LogP contribution in [0.4, 0.5) is 0 Å².